The molecule has 0 saturated carbocycles. The molecular weight excluding hydrogens is 158 g/mol. The van der Waals surface area contributed by atoms with Crippen LogP contribution in [0.3, 0.4) is 0 Å². The zero-order valence-corrected chi connectivity index (χ0v) is 6.54. The molecule has 0 aromatic heterocycles. The molecule has 0 spiro atoms. The lowest BCUT2D eigenvalue weighted by molar-refractivity contribution is -0.127. The molecule has 0 aliphatic carbocycles. The van der Waals surface area contributed by atoms with Crippen molar-refractivity contribution in [3.8, 4) is 0 Å². The van der Waals surface area contributed by atoms with Crippen molar-refractivity contribution < 1.29 is 4.79 Å². The maximum absolute atomic E-state index is 10.8. The molecule has 1 aliphatic rings. The van der Waals surface area contributed by atoms with E-state index in [0.29, 0.717) is 0 Å². The highest BCUT2D eigenvalue weighted by atomic mass is 35.5. The lowest BCUT2D eigenvalue weighted by Gasteiger charge is -2.10. The normalized spacial score (nSPS) is 18.6. The van der Waals surface area contributed by atoms with Crippen molar-refractivity contribution in [2.75, 3.05) is 24.1 Å². The average molecular weight is 166 g/mol. The van der Waals surface area contributed by atoms with Crippen molar-refractivity contribution >= 4 is 29.3 Å². The second kappa shape index (κ2) is 3.32. The van der Waals surface area contributed by atoms with E-state index >= 15 is 0 Å². The van der Waals surface area contributed by atoms with Crippen LogP contribution in [0.5, 0.6) is 0 Å². The van der Waals surface area contributed by atoms with Gasteiger partial charge in [0.15, 0.2) is 0 Å². The molecule has 1 fully saturated rings. The first-order chi connectivity index (χ1) is 4.34. The van der Waals surface area contributed by atoms with Crippen molar-refractivity contribution in [2.24, 2.45) is 0 Å². The second-order valence-corrected chi connectivity index (χ2v) is 3.17. The molecule has 0 aromatic carbocycles. The van der Waals surface area contributed by atoms with E-state index < -0.39 is 0 Å². The summed E-state index contributed by atoms with van der Waals surface area (Å²) in [5.41, 5.74) is 0. The summed E-state index contributed by atoms with van der Waals surface area (Å²) in [5, 5.41) is 0. The molecule has 0 radical (unpaired) electrons. The molecule has 2 nitrogen and oxygen atoms in total. The minimum absolute atomic E-state index is 0.0571. The number of halogens is 1. The number of carbonyl (C=O) groups is 1. The van der Waals surface area contributed by atoms with E-state index in [9.17, 15) is 4.79 Å². The summed E-state index contributed by atoms with van der Waals surface area (Å²) in [6.07, 6.45) is 0. The third-order valence-corrected chi connectivity index (χ3v) is 2.41. The predicted molar refractivity (Wildman–Crippen MR) is 39.8 cm³/mol. The molecule has 0 atom stereocenters. The Balaban J connectivity index is 2.32. The first kappa shape index (κ1) is 7.22. The number of amides is 1. The maximum Gasteiger partial charge on any atom is 0.238 e. The fourth-order valence-corrected chi connectivity index (χ4v) is 1.84. The Kier molecular flexibility index (Phi) is 2.66. The fraction of sp³-hybridized carbons (Fsp3) is 0.800. The molecule has 1 aliphatic heterocycles. The highest BCUT2D eigenvalue weighted by Gasteiger charge is 2.16. The van der Waals surface area contributed by atoms with E-state index in [1.807, 2.05) is 0 Å². The number of nitrogens with zero attached hydrogens (tertiary/aromatic N) is 1. The monoisotopic (exact) mass is 165 g/mol. The van der Waals surface area contributed by atoms with Crippen LogP contribution >= 0.6 is 23.4 Å². The SMILES string of the molecule is O=C(CCl)N1CCSC1. The Morgan fingerprint density at radius 2 is 2.56 bits per heavy atom. The first-order valence-electron chi connectivity index (χ1n) is 2.76. The predicted octanol–water partition coefficient (Wildman–Crippen LogP) is 0.758. The topological polar surface area (TPSA) is 20.3 Å². The third kappa shape index (κ3) is 1.76. The Morgan fingerprint density at radius 3 is 3.00 bits per heavy atom. The molecule has 4 heteroatoms. The summed E-state index contributed by atoms with van der Waals surface area (Å²) in [6, 6.07) is 0. The van der Waals surface area contributed by atoms with Crippen LogP contribution in [0.4, 0.5) is 0 Å². The van der Waals surface area contributed by atoms with Gasteiger partial charge in [-0.05, 0) is 0 Å². The highest BCUT2D eigenvalue weighted by Crippen LogP contribution is 2.12. The maximum atomic E-state index is 10.8. The van der Waals surface area contributed by atoms with Gasteiger partial charge in [0.05, 0.1) is 5.88 Å². The van der Waals surface area contributed by atoms with Crippen molar-refractivity contribution in [1.82, 2.24) is 4.90 Å². The smallest absolute Gasteiger partial charge is 0.238 e. The fourth-order valence-electron chi connectivity index (χ4n) is 0.695. The van der Waals surface area contributed by atoms with Gasteiger partial charge in [0.1, 0.15) is 5.88 Å². The molecule has 52 valence electrons. The molecule has 0 aromatic rings. The highest BCUT2D eigenvalue weighted by molar-refractivity contribution is 7.99. The Hall–Kier alpha value is 0.110. The summed E-state index contributed by atoms with van der Waals surface area (Å²) in [7, 11) is 0. The Bertz CT molecular complexity index is 114. The molecule has 1 amide bonds. The largest absolute Gasteiger partial charge is 0.332 e. The van der Waals surface area contributed by atoms with E-state index in [4.69, 9.17) is 11.6 Å². The number of hydrogen-bond acceptors (Lipinski definition) is 2. The number of alkyl halides is 1. The van der Waals surface area contributed by atoms with Crippen LogP contribution < -0.4 is 0 Å². The van der Waals surface area contributed by atoms with Crippen molar-refractivity contribution in [3.63, 3.8) is 0 Å². The number of thioether (sulfide) groups is 1. The van der Waals surface area contributed by atoms with Gasteiger partial charge in [0.25, 0.3) is 0 Å². The van der Waals surface area contributed by atoms with Crippen LogP contribution in [0.1, 0.15) is 0 Å². The van der Waals surface area contributed by atoms with Crippen LogP contribution in [0, 0.1) is 0 Å². The van der Waals surface area contributed by atoms with Gasteiger partial charge in [-0.3, -0.25) is 4.79 Å². The standard InChI is InChI=1S/C5H8ClNOS/c6-3-5(8)7-1-2-9-4-7/h1-4H2. The van der Waals surface area contributed by atoms with E-state index in [-0.39, 0.29) is 11.8 Å². The number of carbonyl (C=O) groups excluding carboxylic acids is 1. The minimum Gasteiger partial charge on any atom is -0.332 e. The minimum atomic E-state index is 0.0571. The van der Waals surface area contributed by atoms with Crippen molar-refractivity contribution in [1.29, 1.82) is 0 Å². The molecular formula is C5H8ClNOS. The average Bonchev–Trinajstić information content (AvgIpc) is 2.37. The van der Waals surface area contributed by atoms with Crippen molar-refractivity contribution in [2.45, 2.75) is 0 Å². The number of hydrogen-bond donors (Lipinski definition) is 0. The quantitative estimate of drug-likeness (QED) is 0.535. The Labute approximate surface area is 63.5 Å². The lowest BCUT2D eigenvalue weighted by atomic mass is 10.5. The van der Waals surface area contributed by atoms with Crippen LogP contribution in [-0.2, 0) is 4.79 Å². The van der Waals surface area contributed by atoms with Crippen LogP contribution in [0.25, 0.3) is 0 Å². The molecule has 0 N–H and O–H groups in total. The zero-order chi connectivity index (χ0) is 6.69. The van der Waals surface area contributed by atoms with Gasteiger partial charge in [0.2, 0.25) is 5.91 Å². The van der Waals surface area contributed by atoms with Gasteiger partial charge >= 0.3 is 0 Å². The van der Waals surface area contributed by atoms with Gasteiger partial charge in [-0.1, -0.05) is 0 Å². The summed E-state index contributed by atoms with van der Waals surface area (Å²) >= 11 is 7.10. The van der Waals surface area contributed by atoms with E-state index in [2.05, 4.69) is 0 Å². The third-order valence-electron chi connectivity index (χ3n) is 1.22. The molecule has 1 saturated heterocycles. The molecule has 0 bridgehead atoms. The molecule has 1 rings (SSSR count). The zero-order valence-electron chi connectivity index (χ0n) is 4.97. The summed E-state index contributed by atoms with van der Waals surface area (Å²) in [5.74, 6) is 2.07. The summed E-state index contributed by atoms with van der Waals surface area (Å²) < 4.78 is 0. The second-order valence-electron chi connectivity index (χ2n) is 1.83. The lowest BCUT2D eigenvalue weighted by Crippen LogP contribution is -2.28. The van der Waals surface area contributed by atoms with Gasteiger partial charge < -0.3 is 4.90 Å². The van der Waals surface area contributed by atoms with Crippen molar-refractivity contribution in [3.05, 3.63) is 0 Å². The number of rotatable bonds is 1. The van der Waals surface area contributed by atoms with Gasteiger partial charge in [-0.2, -0.15) is 0 Å². The van der Waals surface area contributed by atoms with Crippen LogP contribution in [0.15, 0.2) is 0 Å². The van der Waals surface area contributed by atoms with Gasteiger partial charge in [-0.25, -0.2) is 0 Å². The van der Waals surface area contributed by atoms with E-state index in [0.717, 1.165) is 18.2 Å². The summed E-state index contributed by atoms with van der Waals surface area (Å²) in [6.45, 7) is 0.871. The molecule has 0 unspecified atom stereocenters. The summed E-state index contributed by atoms with van der Waals surface area (Å²) in [4.78, 5) is 12.6. The van der Waals surface area contributed by atoms with E-state index in [1.54, 1.807) is 16.7 Å². The first-order valence-corrected chi connectivity index (χ1v) is 4.45. The van der Waals surface area contributed by atoms with E-state index in [1.165, 1.54) is 0 Å². The Morgan fingerprint density at radius 1 is 1.78 bits per heavy atom. The van der Waals surface area contributed by atoms with Gasteiger partial charge in [0, 0.05) is 12.3 Å². The molecule has 9 heavy (non-hydrogen) atoms. The van der Waals surface area contributed by atoms with Crippen LogP contribution in [-0.4, -0.2) is 34.9 Å². The molecule has 1 heterocycles. The van der Waals surface area contributed by atoms with Crippen LogP contribution in [0.2, 0.25) is 0 Å². The van der Waals surface area contributed by atoms with Gasteiger partial charge in [-0.15, -0.1) is 23.4 Å².